The van der Waals surface area contributed by atoms with Gasteiger partial charge in [-0.15, -0.1) is 0 Å². The molecule has 1 unspecified atom stereocenters. The zero-order chi connectivity index (χ0) is 15.8. The van der Waals surface area contributed by atoms with Gasteiger partial charge in [0.2, 0.25) is 0 Å². The minimum Gasteiger partial charge on any atom is -0.479 e. The van der Waals surface area contributed by atoms with Crippen LogP contribution in [0.3, 0.4) is 0 Å². The molecular weight excluding hydrogens is 278 g/mol. The van der Waals surface area contributed by atoms with Crippen molar-refractivity contribution in [1.29, 1.82) is 0 Å². The Morgan fingerprint density at radius 2 is 1.62 bits per heavy atom. The number of carbonyl (C=O) groups is 3. The minimum absolute atomic E-state index is 0.429. The molecule has 112 valence electrons. The molecule has 1 atom stereocenters. The van der Waals surface area contributed by atoms with Gasteiger partial charge in [-0.25, -0.2) is 14.4 Å². The molecule has 0 radical (unpaired) electrons. The number of esters is 2. The molecule has 0 aliphatic rings. The number of ether oxygens (including phenoxy) is 2. The molecule has 7 heteroatoms. The lowest BCUT2D eigenvalue weighted by Crippen LogP contribution is -2.27. The van der Waals surface area contributed by atoms with Crippen LogP contribution in [0, 0.1) is 0 Å². The number of methoxy groups -OCH3 is 2. The number of aliphatic carboxylic acids is 1. The Bertz CT molecular complexity index is 534. The van der Waals surface area contributed by atoms with Crippen LogP contribution in [0.1, 0.15) is 11.6 Å². The first-order valence-electron chi connectivity index (χ1n) is 5.91. The number of carboxylic acid groups (broad SMARTS) is 1. The highest BCUT2D eigenvalue weighted by Crippen LogP contribution is 2.13. The van der Waals surface area contributed by atoms with Crippen LogP contribution in [0.4, 0.5) is 0 Å². The van der Waals surface area contributed by atoms with Crippen LogP contribution in [-0.2, 0) is 23.9 Å². The first kappa shape index (κ1) is 16.2. The fourth-order valence-electron chi connectivity index (χ4n) is 1.54. The molecule has 7 nitrogen and oxygen atoms in total. The van der Waals surface area contributed by atoms with Crippen molar-refractivity contribution in [3.63, 3.8) is 0 Å². The summed E-state index contributed by atoms with van der Waals surface area (Å²) in [6.07, 6.45) is 0.976. The van der Waals surface area contributed by atoms with Gasteiger partial charge in [-0.3, -0.25) is 0 Å². The summed E-state index contributed by atoms with van der Waals surface area (Å²) in [5.41, 5.74) is 0.0394. The maximum Gasteiger partial charge on any atom is 0.346 e. The molecule has 0 spiro atoms. The van der Waals surface area contributed by atoms with Gasteiger partial charge in [0.05, 0.1) is 14.2 Å². The standard InChI is InChI=1S/C14H15NO6/c1-20-13(18)10(14(19)21-2)8-15-11(12(16)17)9-6-4-3-5-7-9/h3-8,11,15H,1-2H3,(H,16,17). The summed E-state index contributed by atoms with van der Waals surface area (Å²) < 4.78 is 8.88. The predicted octanol–water partition coefficient (Wildman–Crippen LogP) is 0.632. The van der Waals surface area contributed by atoms with Gasteiger partial charge in [-0.2, -0.15) is 0 Å². The molecule has 1 aromatic carbocycles. The van der Waals surface area contributed by atoms with Crippen LogP contribution in [0.5, 0.6) is 0 Å². The quantitative estimate of drug-likeness (QED) is 0.343. The van der Waals surface area contributed by atoms with Gasteiger partial charge in [0.15, 0.2) is 5.57 Å². The minimum atomic E-state index is -1.16. The number of nitrogens with one attached hydrogen (secondary N) is 1. The molecule has 0 saturated heterocycles. The molecule has 0 saturated carbocycles. The van der Waals surface area contributed by atoms with E-state index in [1.54, 1.807) is 30.3 Å². The van der Waals surface area contributed by atoms with Gasteiger partial charge >= 0.3 is 17.9 Å². The summed E-state index contributed by atoms with van der Waals surface area (Å²) in [6.45, 7) is 0. The van der Waals surface area contributed by atoms with Gasteiger partial charge in [0.25, 0.3) is 0 Å². The topological polar surface area (TPSA) is 102 Å². The fourth-order valence-corrected chi connectivity index (χ4v) is 1.54. The van der Waals surface area contributed by atoms with E-state index in [1.165, 1.54) is 0 Å². The van der Waals surface area contributed by atoms with Crippen molar-refractivity contribution in [2.75, 3.05) is 14.2 Å². The zero-order valence-electron chi connectivity index (χ0n) is 11.5. The highest BCUT2D eigenvalue weighted by molar-refractivity contribution is 6.13. The molecule has 0 heterocycles. The zero-order valence-corrected chi connectivity index (χ0v) is 11.5. The molecule has 0 aliphatic heterocycles. The summed E-state index contributed by atoms with van der Waals surface area (Å²) in [5, 5.41) is 11.7. The molecule has 0 amide bonds. The monoisotopic (exact) mass is 293 g/mol. The SMILES string of the molecule is COC(=O)C(=CNC(C(=O)O)c1ccccc1)C(=O)OC. The Morgan fingerprint density at radius 1 is 1.10 bits per heavy atom. The first-order chi connectivity index (χ1) is 10.0. The molecule has 2 N–H and O–H groups in total. The van der Waals surface area contributed by atoms with E-state index >= 15 is 0 Å². The van der Waals surface area contributed by atoms with E-state index in [0.717, 1.165) is 20.4 Å². The third kappa shape index (κ3) is 4.34. The second-order valence-corrected chi connectivity index (χ2v) is 3.89. The van der Waals surface area contributed by atoms with Gasteiger partial charge in [0, 0.05) is 6.20 Å². The van der Waals surface area contributed by atoms with Gasteiger partial charge in [-0.05, 0) is 5.56 Å². The molecule has 0 bridgehead atoms. The van der Waals surface area contributed by atoms with Gasteiger partial charge in [-0.1, -0.05) is 30.3 Å². The number of rotatable bonds is 6. The number of carbonyl (C=O) groups excluding carboxylic acids is 2. The normalized spacial score (nSPS) is 11.0. The summed E-state index contributed by atoms with van der Waals surface area (Å²) in [7, 11) is 2.20. The smallest absolute Gasteiger partial charge is 0.346 e. The van der Waals surface area contributed by atoms with E-state index in [9.17, 15) is 19.5 Å². The third-order valence-electron chi connectivity index (χ3n) is 2.58. The number of hydrogen-bond acceptors (Lipinski definition) is 6. The van der Waals surface area contributed by atoms with E-state index in [4.69, 9.17) is 0 Å². The van der Waals surface area contributed by atoms with Crippen molar-refractivity contribution >= 4 is 17.9 Å². The van der Waals surface area contributed by atoms with Gasteiger partial charge in [0.1, 0.15) is 6.04 Å². The van der Waals surface area contributed by atoms with Crippen LogP contribution in [-0.4, -0.2) is 37.2 Å². The lowest BCUT2D eigenvalue weighted by atomic mass is 10.1. The molecule has 1 rings (SSSR count). The lowest BCUT2D eigenvalue weighted by molar-refractivity contribution is -0.144. The highest BCUT2D eigenvalue weighted by Gasteiger charge is 2.23. The average Bonchev–Trinajstić information content (AvgIpc) is 2.50. The summed E-state index contributed by atoms with van der Waals surface area (Å²) in [4.78, 5) is 34.2. The van der Waals surface area contributed by atoms with Gasteiger partial charge < -0.3 is 19.9 Å². The first-order valence-corrected chi connectivity index (χ1v) is 5.91. The van der Waals surface area contributed by atoms with Crippen molar-refractivity contribution in [3.8, 4) is 0 Å². The van der Waals surface area contributed by atoms with Crippen molar-refractivity contribution < 1.29 is 29.0 Å². The molecule has 0 fully saturated rings. The van der Waals surface area contributed by atoms with Crippen LogP contribution >= 0.6 is 0 Å². The van der Waals surface area contributed by atoms with E-state index < -0.39 is 29.5 Å². The number of benzene rings is 1. The Hall–Kier alpha value is -2.83. The molecule has 1 aromatic rings. The van der Waals surface area contributed by atoms with E-state index in [-0.39, 0.29) is 0 Å². The van der Waals surface area contributed by atoms with Crippen LogP contribution in [0.15, 0.2) is 42.1 Å². The lowest BCUT2D eigenvalue weighted by Gasteiger charge is -2.13. The maximum absolute atomic E-state index is 11.5. The maximum atomic E-state index is 11.5. The second-order valence-electron chi connectivity index (χ2n) is 3.89. The fraction of sp³-hybridized carbons (Fsp3) is 0.214. The number of hydrogen-bond donors (Lipinski definition) is 2. The van der Waals surface area contributed by atoms with Crippen LogP contribution < -0.4 is 5.32 Å². The number of carboxylic acids is 1. The molecule has 0 aromatic heterocycles. The summed E-state index contributed by atoms with van der Waals surface area (Å²) in [6, 6.07) is 7.20. The molecule has 21 heavy (non-hydrogen) atoms. The van der Waals surface area contributed by atoms with Crippen molar-refractivity contribution in [2.45, 2.75) is 6.04 Å². The van der Waals surface area contributed by atoms with E-state index in [2.05, 4.69) is 14.8 Å². The predicted molar refractivity (Wildman–Crippen MR) is 72.1 cm³/mol. The van der Waals surface area contributed by atoms with Crippen molar-refractivity contribution in [1.82, 2.24) is 5.32 Å². The Morgan fingerprint density at radius 3 is 2.05 bits per heavy atom. The third-order valence-corrected chi connectivity index (χ3v) is 2.58. The second kappa shape index (κ2) is 7.68. The van der Waals surface area contributed by atoms with E-state index in [1.807, 2.05) is 0 Å². The molecular formula is C14H15NO6. The van der Waals surface area contributed by atoms with E-state index in [0.29, 0.717) is 5.56 Å². The summed E-state index contributed by atoms with van der Waals surface area (Å²) >= 11 is 0. The average molecular weight is 293 g/mol. The van der Waals surface area contributed by atoms with Crippen molar-refractivity contribution in [3.05, 3.63) is 47.7 Å². The Labute approximate surface area is 121 Å². The molecule has 0 aliphatic carbocycles. The summed E-state index contributed by atoms with van der Waals surface area (Å²) in [5.74, 6) is -3.01. The van der Waals surface area contributed by atoms with Crippen molar-refractivity contribution in [2.24, 2.45) is 0 Å². The largest absolute Gasteiger partial charge is 0.479 e. The Kier molecular flexibility index (Phi) is 5.94. The Balaban J connectivity index is 3.02. The highest BCUT2D eigenvalue weighted by atomic mass is 16.5. The van der Waals surface area contributed by atoms with Crippen LogP contribution in [0.2, 0.25) is 0 Å². The van der Waals surface area contributed by atoms with Crippen LogP contribution in [0.25, 0.3) is 0 Å².